The summed E-state index contributed by atoms with van der Waals surface area (Å²) in [5, 5.41) is 0. The first-order valence-corrected chi connectivity index (χ1v) is 10.7. The van der Waals surface area contributed by atoms with Crippen molar-refractivity contribution < 1.29 is 19.1 Å². The monoisotopic (exact) mass is 375 g/mol. The number of ether oxygens (including phenoxy) is 1. The Bertz CT molecular complexity index is 675. The number of esters is 1. The normalized spacial score (nSPS) is 48.9. The molecule has 0 aliphatic heterocycles. The summed E-state index contributed by atoms with van der Waals surface area (Å²) in [6.45, 7) is 6.15. The van der Waals surface area contributed by atoms with E-state index in [4.69, 9.17) is 10.5 Å². The molecule has 0 saturated heterocycles. The third-order valence-corrected chi connectivity index (χ3v) is 9.11. The zero-order chi connectivity index (χ0) is 19.6. The van der Waals surface area contributed by atoms with Crippen molar-refractivity contribution in [2.75, 3.05) is 0 Å². The number of Topliss-reactive ketones (excluding diaryl/α,β-unsaturated/α-hetero) is 1. The lowest BCUT2D eigenvalue weighted by atomic mass is 9.44. The van der Waals surface area contributed by atoms with E-state index in [0.717, 1.165) is 38.5 Å². The summed E-state index contributed by atoms with van der Waals surface area (Å²) in [6, 6.07) is 0. The van der Waals surface area contributed by atoms with Crippen molar-refractivity contribution >= 4 is 17.7 Å². The highest BCUT2D eigenvalue weighted by atomic mass is 16.5. The number of rotatable bonds is 2. The first-order valence-electron chi connectivity index (χ1n) is 10.7. The van der Waals surface area contributed by atoms with Crippen LogP contribution in [0.2, 0.25) is 0 Å². The van der Waals surface area contributed by atoms with E-state index in [2.05, 4.69) is 13.8 Å². The first-order chi connectivity index (χ1) is 12.7. The van der Waals surface area contributed by atoms with Crippen molar-refractivity contribution in [1.29, 1.82) is 0 Å². The number of hydrogen-bond acceptors (Lipinski definition) is 4. The molecule has 0 aromatic heterocycles. The molecule has 4 saturated carbocycles. The highest BCUT2D eigenvalue weighted by Crippen LogP contribution is 2.66. The zero-order valence-corrected chi connectivity index (χ0v) is 16.8. The van der Waals surface area contributed by atoms with Gasteiger partial charge in [-0.3, -0.25) is 14.4 Å². The van der Waals surface area contributed by atoms with E-state index in [1.54, 1.807) is 0 Å². The van der Waals surface area contributed by atoms with Gasteiger partial charge in [-0.2, -0.15) is 0 Å². The fraction of sp³-hybridized carbons (Fsp3) is 0.864. The van der Waals surface area contributed by atoms with Gasteiger partial charge in [0.15, 0.2) is 0 Å². The SMILES string of the molecule is CC(=O)O[C@H]1CC[C@H]2[C@@H]3CCC4CC(=O)C(C(N)=O)C[C@]4(C)[C@H]3CC[C@]12C. The molecule has 0 aromatic rings. The fourth-order valence-electron chi connectivity index (χ4n) is 7.73. The summed E-state index contributed by atoms with van der Waals surface area (Å²) in [6.07, 6.45) is 7.66. The van der Waals surface area contributed by atoms with Crippen LogP contribution in [0.15, 0.2) is 0 Å². The molecular formula is C22H33NO4. The standard InChI is InChI=1S/C22H33NO4/c1-12(24)27-19-7-6-16-14-5-4-13-10-18(25)15(20(23)26)11-22(13,3)17(14)8-9-21(16,19)2/h13-17,19H,4-11H2,1-3H3,(H2,23,26)/t13?,14-,15?,16-,17-,19-,21-,22-/m0/s1. The maximum atomic E-state index is 12.4. The molecular weight excluding hydrogens is 342 g/mol. The third kappa shape index (κ3) is 2.75. The van der Waals surface area contributed by atoms with Crippen molar-refractivity contribution in [3.63, 3.8) is 0 Å². The molecule has 5 heteroatoms. The Kier molecular flexibility index (Phi) is 4.43. The van der Waals surface area contributed by atoms with Crippen LogP contribution in [0.3, 0.4) is 0 Å². The summed E-state index contributed by atoms with van der Waals surface area (Å²) in [7, 11) is 0. The number of ketones is 1. The van der Waals surface area contributed by atoms with E-state index in [9.17, 15) is 14.4 Å². The second-order valence-electron chi connectivity index (χ2n) is 10.2. The van der Waals surface area contributed by atoms with E-state index < -0.39 is 11.8 Å². The number of hydrogen-bond donors (Lipinski definition) is 1. The Hall–Kier alpha value is -1.39. The Morgan fingerprint density at radius 1 is 1.04 bits per heavy atom. The second-order valence-corrected chi connectivity index (χ2v) is 10.2. The van der Waals surface area contributed by atoms with Crippen LogP contribution in [0.4, 0.5) is 0 Å². The molecule has 150 valence electrons. The largest absolute Gasteiger partial charge is 0.462 e. The molecule has 0 radical (unpaired) electrons. The molecule has 0 heterocycles. The molecule has 0 spiro atoms. The van der Waals surface area contributed by atoms with Crippen LogP contribution in [0, 0.1) is 40.4 Å². The number of nitrogens with two attached hydrogens (primary N) is 1. The molecule has 5 nitrogen and oxygen atoms in total. The van der Waals surface area contributed by atoms with Crippen LogP contribution < -0.4 is 5.73 Å². The summed E-state index contributed by atoms with van der Waals surface area (Å²) in [5.41, 5.74) is 5.67. The second kappa shape index (κ2) is 6.31. The molecule has 4 aliphatic carbocycles. The molecule has 2 N–H and O–H groups in total. The van der Waals surface area contributed by atoms with Crippen LogP contribution in [0.1, 0.15) is 72.1 Å². The number of primary amides is 1. The van der Waals surface area contributed by atoms with Crippen LogP contribution in [0.25, 0.3) is 0 Å². The van der Waals surface area contributed by atoms with E-state index in [-0.39, 0.29) is 28.7 Å². The molecule has 4 aliphatic rings. The maximum Gasteiger partial charge on any atom is 0.302 e. The van der Waals surface area contributed by atoms with E-state index in [0.29, 0.717) is 36.5 Å². The molecule has 1 amide bonds. The Morgan fingerprint density at radius 2 is 1.74 bits per heavy atom. The van der Waals surface area contributed by atoms with Crippen molar-refractivity contribution in [2.45, 2.75) is 78.2 Å². The molecule has 0 aromatic carbocycles. The van der Waals surface area contributed by atoms with Gasteiger partial charge in [0.25, 0.3) is 0 Å². The lowest BCUT2D eigenvalue weighted by Gasteiger charge is -2.60. The van der Waals surface area contributed by atoms with Crippen LogP contribution in [-0.4, -0.2) is 23.8 Å². The average Bonchev–Trinajstić information content (AvgIpc) is 2.91. The predicted molar refractivity (Wildman–Crippen MR) is 100 cm³/mol. The van der Waals surface area contributed by atoms with E-state index in [1.165, 1.54) is 6.92 Å². The van der Waals surface area contributed by atoms with E-state index in [1.807, 2.05) is 0 Å². The average molecular weight is 376 g/mol. The summed E-state index contributed by atoms with van der Waals surface area (Å²) >= 11 is 0. The smallest absolute Gasteiger partial charge is 0.302 e. The topological polar surface area (TPSA) is 86.5 Å². The number of carbonyl (C=O) groups is 3. The minimum atomic E-state index is -0.601. The quantitative estimate of drug-likeness (QED) is 0.593. The lowest BCUT2D eigenvalue weighted by molar-refractivity contribution is -0.164. The van der Waals surface area contributed by atoms with Gasteiger partial charge in [-0.1, -0.05) is 13.8 Å². The highest BCUT2D eigenvalue weighted by molar-refractivity contribution is 6.01. The molecule has 2 unspecified atom stereocenters. The molecule has 27 heavy (non-hydrogen) atoms. The van der Waals surface area contributed by atoms with Gasteiger partial charge in [0.05, 0.1) is 5.92 Å². The Balaban J connectivity index is 1.60. The fourth-order valence-corrected chi connectivity index (χ4v) is 7.73. The summed E-state index contributed by atoms with van der Waals surface area (Å²) < 4.78 is 5.71. The zero-order valence-electron chi connectivity index (χ0n) is 16.8. The van der Waals surface area contributed by atoms with Crippen molar-refractivity contribution in [1.82, 2.24) is 0 Å². The molecule has 4 fully saturated rings. The predicted octanol–water partition coefficient (Wildman–Crippen LogP) is 3.24. The maximum absolute atomic E-state index is 12.4. The van der Waals surface area contributed by atoms with Crippen LogP contribution in [0.5, 0.6) is 0 Å². The summed E-state index contributed by atoms with van der Waals surface area (Å²) in [5.74, 6) is 0.941. The van der Waals surface area contributed by atoms with Gasteiger partial charge in [0.1, 0.15) is 11.9 Å². The molecule has 0 bridgehead atoms. The number of carbonyl (C=O) groups excluding carboxylic acids is 3. The van der Waals surface area contributed by atoms with Crippen molar-refractivity contribution in [2.24, 2.45) is 46.2 Å². The minimum absolute atomic E-state index is 0.0252. The van der Waals surface area contributed by atoms with Gasteiger partial charge in [-0.25, -0.2) is 0 Å². The van der Waals surface area contributed by atoms with Crippen LogP contribution >= 0.6 is 0 Å². The Labute approximate surface area is 161 Å². The van der Waals surface area contributed by atoms with Gasteiger partial charge in [-0.15, -0.1) is 0 Å². The molecule has 8 atom stereocenters. The Morgan fingerprint density at radius 3 is 2.41 bits per heavy atom. The number of fused-ring (bicyclic) bond motifs is 5. The minimum Gasteiger partial charge on any atom is -0.462 e. The third-order valence-electron chi connectivity index (χ3n) is 9.11. The van der Waals surface area contributed by atoms with Crippen molar-refractivity contribution in [3.05, 3.63) is 0 Å². The number of amides is 1. The van der Waals surface area contributed by atoms with Crippen LogP contribution in [-0.2, 0) is 19.1 Å². The van der Waals surface area contributed by atoms with Gasteiger partial charge in [0.2, 0.25) is 5.91 Å². The van der Waals surface area contributed by atoms with Gasteiger partial charge < -0.3 is 10.5 Å². The molecule has 4 rings (SSSR count). The first kappa shape index (κ1) is 18.9. The lowest BCUT2D eigenvalue weighted by Crippen LogP contribution is -2.56. The van der Waals surface area contributed by atoms with Gasteiger partial charge >= 0.3 is 5.97 Å². The van der Waals surface area contributed by atoms with Gasteiger partial charge in [-0.05, 0) is 74.0 Å². The highest BCUT2D eigenvalue weighted by Gasteiger charge is 2.62. The van der Waals surface area contributed by atoms with E-state index >= 15 is 0 Å². The summed E-state index contributed by atoms with van der Waals surface area (Å²) in [4.78, 5) is 35.9. The van der Waals surface area contributed by atoms with Crippen molar-refractivity contribution in [3.8, 4) is 0 Å². The van der Waals surface area contributed by atoms with Gasteiger partial charge in [0, 0.05) is 18.8 Å².